The maximum Gasteiger partial charge on any atom is 0.103 e. The highest BCUT2D eigenvalue weighted by Crippen LogP contribution is 2.54. The predicted octanol–water partition coefficient (Wildman–Crippen LogP) is 13.0. The Morgan fingerprint density at radius 3 is 0.983 bits per heavy atom. The Balaban J connectivity index is 1.21. The second-order valence-electron chi connectivity index (χ2n) is 15.5. The summed E-state index contributed by atoms with van der Waals surface area (Å²) < 4.78 is 3.88. The Bertz CT molecular complexity index is 3740. The third kappa shape index (κ3) is 3.70. The first-order chi connectivity index (χ1) is 29.7. The monoisotopic (exact) mass is 756 g/mol. The fraction of sp³-hybridized carbons (Fsp3) is 0. The molecule has 0 aliphatic heterocycles. The third-order valence-corrected chi connectivity index (χ3v) is 12.9. The van der Waals surface area contributed by atoms with Gasteiger partial charge in [-0.25, -0.2) is 0 Å². The fourth-order valence-electron chi connectivity index (χ4n) is 10.7. The minimum Gasteiger partial charge on any atom is -0.306 e. The van der Waals surface area contributed by atoms with Gasteiger partial charge in [0.05, 0.1) is 55.7 Å². The number of hydrogen-bond donors (Lipinski definition) is 0. The van der Waals surface area contributed by atoms with Gasteiger partial charge in [0.15, 0.2) is 0 Å². The van der Waals surface area contributed by atoms with E-state index in [1.165, 1.54) is 0 Å². The van der Waals surface area contributed by atoms with E-state index in [0.29, 0.717) is 0 Å². The van der Waals surface area contributed by atoms with Crippen LogP contribution in [-0.4, -0.2) is 9.13 Å². The van der Waals surface area contributed by atoms with E-state index in [1.807, 2.05) is 57.7 Å². The predicted molar refractivity (Wildman–Crippen MR) is 238 cm³/mol. The van der Waals surface area contributed by atoms with Gasteiger partial charge in [-0.1, -0.05) is 121 Å². The second-order valence-corrected chi connectivity index (χ2v) is 15.5. The Labute approximate surface area is 342 Å². The lowest BCUT2D eigenvalue weighted by molar-refractivity contribution is 1.10. The van der Waals surface area contributed by atoms with E-state index < -0.39 is 0 Å². The highest BCUT2D eigenvalue weighted by Gasteiger charge is 2.33. The molecule has 2 aromatic heterocycles. The van der Waals surface area contributed by atoms with Crippen LogP contribution < -0.4 is 0 Å². The molecule has 2 heterocycles. The highest BCUT2D eigenvalue weighted by atomic mass is 15.0. The maximum absolute atomic E-state index is 11.3. The molecule has 0 atom stereocenters. The van der Waals surface area contributed by atoms with Crippen LogP contribution >= 0.6 is 0 Å². The standard InChI is InChI=1S/C54H24N6/c55-25-41-43(27-57)54(60-46-22-8-6-16-36(46)52-38-20-10-18-34-30-12-2-4-14-32(30)40(50(34)38)24-48(52)60)44(28-58)42(26-56)53(41)59-45-21-7-5-15-35(45)51-37-19-9-17-33-29-11-1-3-13-31(29)39(49(33)37)23-47(51)59/h1-24H. The molecule has 0 spiro atoms. The number of para-hydroxylation sites is 2. The van der Waals surface area contributed by atoms with Gasteiger partial charge in [-0.15, -0.1) is 0 Å². The van der Waals surface area contributed by atoms with Gasteiger partial charge in [0.2, 0.25) is 0 Å². The number of aromatic nitrogens is 2. The van der Waals surface area contributed by atoms with Gasteiger partial charge in [0.25, 0.3) is 0 Å². The SMILES string of the molecule is N#Cc1c(C#N)c(-n2c3ccccc3c3c4cccc5c4c(cc32)-c2ccccc2-5)c(C#N)c(C#N)c1-n1c2ccccc2c2c3cccc4c3c(cc21)-c1ccccc1-4. The van der Waals surface area contributed by atoms with E-state index in [4.69, 9.17) is 0 Å². The molecule has 2 aliphatic carbocycles. The van der Waals surface area contributed by atoms with Gasteiger partial charge in [0.1, 0.15) is 24.3 Å². The molecule has 13 rings (SSSR count). The van der Waals surface area contributed by atoms with Gasteiger partial charge in [-0.05, 0) is 90.3 Å². The molecule has 0 unspecified atom stereocenters. The van der Waals surface area contributed by atoms with Crippen molar-refractivity contribution in [3.8, 4) is 80.2 Å². The lowest BCUT2D eigenvalue weighted by atomic mass is 9.93. The van der Waals surface area contributed by atoms with Crippen LogP contribution in [0.25, 0.3) is 121 Å². The summed E-state index contributed by atoms with van der Waals surface area (Å²) in [5, 5.41) is 53.6. The van der Waals surface area contributed by atoms with Crippen molar-refractivity contribution >= 4 is 65.2 Å². The van der Waals surface area contributed by atoms with Crippen LogP contribution in [0.2, 0.25) is 0 Å². The van der Waals surface area contributed by atoms with E-state index >= 15 is 0 Å². The molecule has 0 bridgehead atoms. The summed E-state index contributed by atoms with van der Waals surface area (Å²) in [6.07, 6.45) is 0. The molecule has 0 radical (unpaired) electrons. The van der Waals surface area contributed by atoms with Crippen molar-refractivity contribution in [1.82, 2.24) is 9.13 Å². The third-order valence-electron chi connectivity index (χ3n) is 12.9. The van der Waals surface area contributed by atoms with Crippen LogP contribution in [0.15, 0.2) is 146 Å². The quantitative estimate of drug-likeness (QED) is 0.175. The topological polar surface area (TPSA) is 105 Å². The second kappa shape index (κ2) is 11.3. The average Bonchev–Trinajstić information content (AvgIpc) is 4.02. The van der Waals surface area contributed by atoms with Gasteiger partial charge in [-0.2, -0.15) is 21.0 Å². The van der Waals surface area contributed by atoms with E-state index in [-0.39, 0.29) is 33.6 Å². The van der Waals surface area contributed by atoms with Gasteiger partial charge < -0.3 is 9.13 Å². The smallest absolute Gasteiger partial charge is 0.103 e. The van der Waals surface area contributed by atoms with Crippen molar-refractivity contribution in [3.63, 3.8) is 0 Å². The summed E-state index contributed by atoms with van der Waals surface area (Å²) >= 11 is 0. The molecule has 2 aliphatic rings. The van der Waals surface area contributed by atoms with Crippen molar-refractivity contribution in [3.05, 3.63) is 168 Å². The summed E-state index contributed by atoms with van der Waals surface area (Å²) in [5.41, 5.74) is 12.6. The minimum absolute atomic E-state index is 0.0280. The van der Waals surface area contributed by atoms with E-state index in [9.17, 15) is 21.0 Å². The van der Waals surface area contributed by atoms with Crippen molar-refractivity contribution in [2.45, 2.75) is 0 Å². The lowest BCUT2D eigenvalue weighted by Gasteiger charge is -2.20. The van der Waals surface area contributed by atoms with Crippen LogP contribution in [0.3, 0.4) is 0 Å². The molecule has 0 fully saturated rings. The molecule has 11 aromatic rings. The zero-order chi connectivity index (χ0) is 40.0. The Hall–Kier alpha value is -8.94. The first-order valence-electron chi connectivity index (χ1n) is 19.7. The molecule has 6 nitrogen and oxygen atoms in total. The van der Waals surface area contributed by atoms with E-state index in [2.05, 4.69) is 121 Å². The summed E-state index contributed by atoms with van der Waals surface area (Å²) in [6, 6.07) is 59.3. The molecule has 0 amide bonds. The highest BCUT2D eigenvalue weighted by molar-refractivity contribution is 6.31. The Kier molecular flexibility index (Phi) is 6.08. The first-order valence-corrected chi connectivity index (χ1v) is 19.7. The van der Waals surface area contributed by atoms with Crippen LogP contribution in [-0.2, 0) is 0 Å². The number of fused-ring (bicyclic) bond motifs is 14. The van der Waals surface area contributed by atoms with Crippen LogP contribution in [0.4, 0.5) is 0 Å². The van der Waals surface area contributed by atoms with Crippen LogP contribution in [0.5, 0.6) is 0 Å². The van der Waals surface area contributed by atoms with Gasteiger partial charge >= 0.3 is 0 Å². The van der Waals surface area contributed by atoms with Gasteiger partial charge in [0, 0.05) is 21.5 Å². The lowest BCUT2D eigenvalue weighted by Crippen LogP contribution is -2.12. The molecule has 0 N–H and O–H groups in total. The van der Waals surface area contributed by atoms with Crippen molar-refractivity contribution in [2.75, 3.05) is 0 Å². The van der Waals surface area contributed by atoms with Crippen molar-refractivity contribution in [1.29, 1.82) is 21.0 Å². The Morgan fingerprint density at radius 1 is 0.283 bits per heavy atom. The molecular formula is C54H24N6. The number of nitriles is 4. The molecule has 0 saturated carbocycles. The van der Waals surface area contributed by atoms with E-state index in [0.717, 1.165) is 110 Å². The fourth-order valence-corrected chi connectivity index (χ4v) is 10.7. The van der Waals surface area contributed by atoms with Crippen molar-refractivity contribution < 1.29 is 0 Å². The van der Waals surface area contributed by atoms with Crippen molar-refractivity contribution in [2.24, 2.45) is 0 Å². The average molecular weight is 757 g/mol. The minimum atomic E-state index is 0.0280. The maximum atomic E-state index is 11.3. The molecule has 6 heteroatoms. The summed E-state index contributed by atoms with van der Waals surface area (Å²) in [4.78, 5) is 0. The number of rotatable bonds is 2. The number of nitrogens with zero attached hydrogens (tertiary/aromatic N) is 6. The molecule has 60 heavy (non-hydrogen) atoms. The molecular weight excluding hydrogens is 733 g/mol. The summed E-state index contributed by atoms with van der Waals surface area (Å²) in [5.74, 6) is 0. The largest absolute Gasteiger partial charge is 0.306 e. The zero-order valence-corrected chi connectivity index (χ0v) is 31.5. The first kappa shape index (κ1) is 32.2. The number of hydrogen-bond acceptors (Lipinski definition) is 4. The number of benzene rings is 9. The zero-order valence-electron chi connectivity index (χ0n) is 31.5. The summed E-state index contributed by atoms with van der Waals surface area (Å²) in [6.45, 7) is 0. The van der Waals surface area contributed by atoms with Gasteiger partial charge in [-0.3, -0.25) is 0 Å². The Morgan fingerprint density at radius 2 is 0.600 bits per heavy atom. The summed E-state index contributed by atoms with van der Waals surface area (Å²) in [7, 11) is 0. The van der Waals surface area contributed by atoms with Crippen LogP contribution in [0, 0.1) is 45.3 Å². The molecule has 9 aromatic carbocycles. The molecule has 270 valence electrons. The van der Waals surface area contributed by atoms with Crippen LogP contribution in [0.1, 0.15) is 22.3 Å². The molecule has 0 saturated heterocycles. The van der Waals surface area contributed by atoms with E-state index in [1.54, 1.807) is 0 Å². The normalized spacial score (nSPS) is 11.9.